The average Bonchev–Trinajstić information content (AvgIpc) is 2.39. The quantitative estimate of drug-likeness (QED) is 0.320. The van der Waals surface area contributed by atoms with Crippen LogP contribution in [0.2, 0.25) is 0 Å². The van der Waals surface area contributed by atoms with Crippen LogP contribution in [0.4, 0.5) is 0 Å². The third-order valence-electron chi connectivity index (χ3n) is 3.59. The van der Waals surface area contributed by atoms with E-state index in [4.69, 9.17) is 4.74 Å². The van der Waals surface area contributed by atoms with Gasteiger partial charge in [-0.3, -0.25) is 4.79 Å². The smallest absolute Gasteiger partial charge is 0.309 e. The zero-order valence-electron chi connectivity index (χ0n) is 14.0. The van der Waals surface area contributed by atoms with Crippen molar-refractivity contribution in [1.29, 1.82) is 0 Å². The lowest BCUT2D eigenvalue weighted by Crippen LogP contribution is -2.19. The lowest BCUT2D eigenvalue weighted by Gasteiger charge is -2.13. The van der Waals surface area contributed by atoms with Gasteiger partial charge in [0, 0.05) is 0 Å². The summed E-state index contributed by atoms with van der Waals surface area (Å²) in [5, 5.41) is 0. The standard InChI is InChI=1S/C18H35O2/c1-5-6-7-8-9-10-11-12-13-14-15-17(4)18(19)20-16(2)3/h16-17H,4-15H2,1-3H3. The molecule has 2 nitrogen and oxygen atoms in total. The summed E-state index contributed by atoms with van der Waals surface area (Å²) in [6.45, 7) is 9.91. The van der Waals surface area contributed by atoms with Crippen LogP contribution in [-0.2, 0) is 9.53 Å². The van der Waals surface area contributed by atoms with Crippen molar-refractivity contribution in [1.82, 2.24) is 0 Å². The van der Waals surface area contributed by atoms with E-state index in [9.17, 15) is 4.79 Å². The predicted molar refractivity (Wildman–Crippen MR) is 86.5 cm³/mol. The monoisotopic (exact) mass is 283 g/mol. The number of hydrogen-bond donors (Lipinski definition) is 0. The van der Waals surface area contributed by atoms with Crippen LogP contribution in [0.5, 0.6) is 0 Å². The van der Waals surface area contributed by atoms with E-state index >= 15 is 0 Å². The molecule has 0 aromatic carbocycles. The van der Waals surface area contributed by atoms with Gasteiger partial charge in [-0.1, -0.05) is 71.1 Å². The molecule has 0 aromatic heterocycles. The first kappa shape index (κ1) is 19.5. The van der Waals surface area contributed by atoms with Crippen LogP contribution in [0.25, 0.3) is 0 Å². The summed E-state index contributed by atoms with van der Waals surface area (Å²) in [5.74, 6) is -0.331. The van der Waals surface area contributed by atoms with Crippen LogP contribution in [0, 0.1) is 12.8 Å². The Balaban J connectivity index is 3.29. The first-order valence-corrected chi connectivity index (χ1v) is 8.61. The zero-order valence-corrected chi connectivity index (χ0v) is 14.0. The summed E-state index contributed by atoms with van der Waals surface area (Å²) in [6.07, 6.45) is 14.0. The van der Waals surface area contributed by atoms with Crippen molar-refractivity contribution in [2.24, 2.45) is 5.92 Å². The van der Waals surface area contributed by atoms with E-state index in [1.54, 1.807) is 0 Å². The van der Waals surface area contributed by atoms with Crippen LogP contribution < -0.4 is 0 Å². The second-order valence-corrected chi connectivity index (χ2v) is 6.15. The molecule has 2 heteroatoms. The molecule has 0 bridgehead atoms. The number of carbonyl (C=O) groups is 1. The highest BCUT2D eigenvalue weighted by molar-refractivity contribution is 5.73. The number of hydrogen-bond acceptors (Lipinski definition) is 2. The van der Waals surface area contributed by atoms with Gasteiger partial charge in [-0.15, -0.1) is 0 Å². The topological polar surface area (TPSA) is 26.3 Å². The summed E-state index contributed by atoms with van der Waals surface area (Å²) in [7, 11) is 0. The van der Waals surface area contributed by atoms with Crippen LogP contribution >= 0.6 is 0 Å². The Morgan fingerprint density at radius 3 is 1.80 bits per heavy atom. The van der Waals surface area contributed by atoms with E-state index in [-0.39, 0.29) is 18.0 Å². The molecular formula is C18H35O2. The Bertz CT molecular complexity index is 223. The molecule has 0 saturated heterocycles. The highest BCUT2D eigenvalue weighted by atomic mass is 16.5. The van der Waals surface area contributed by atoms with E-state index in [1.807, 2.05) is 13.8 Å². The van der Waals surface area contributed by atoms with Crippen molar-refractivity contribution in [2.45, 2.75) is 97.5 Å². The number of carbonyl (C=O) groups excluding carboxylic acids is 1. The second kappa shape index (κ2) is 13.5. The molecule has 0 aliphatic carbocycles. The maximum Gasteiger partial charge on any atom is 0.309 e. The van der Waals surface area contributed by atoms with E-state index in [1.165, 1.54) is 57.8 Å². The number of ether oxygens (including phenoxy) is 1. The Morgan fingerprint density at radius 2 is 1.35 bits per heavy atom. The Labute approximate surface area is 126 Å². The van der Waals surface area contributed by atoms with Crippen molar-refractivity contribution >= 4 is 5.97 Å². The molecule has 0 fully saturated rings. The highest BCUT2D eigenvalue weighted by Gasteiger charge is 2.15. The molecule has 0 N–H and O–H groups in total. The van der Waals surface area contributed by atoms with Crippen LogP contribution in [0.15, 0.2) is 0 Å². The summed E-state index contributed by atoms with van der Waals surface area (Å²) in [6, 6.07) is 0. The molecular weight excluding hydrogens is 248 g/mol. The summed E-state index contributed by atoms with van der Waals surface area (Å²) in [5.41, 5.74) is 0. The highest BCUT2D eigenvalue weighted by Crippen LogP contribution is 2.14. The largest absolute Gasteiger partial charge is 0.463 e. The molecule has 0 heterocycles. The van der Waals surface area contributed by atoms with Crippen molar-refractivity contribution in [2.75, 3.05) is 0 Å². The first-order valence-electron chi connectivity index (χ1n) is 8.61. The third-order valence-corrected chi connectivity index (χ3v) is 3.59. The van der Waals surface area contributed by atoms with Crippen LogP contribution in [0.3, 0.4) is 0 Å². The zero-order chi connectivity index (χ0) is 15.2. The maximum atomic E-state index is 11.6. The molecule has 0 aromatic rings. The minimum Gasteiger partial charge on any atom is -0.463 e. The molecule has 1 atom stereocenters. The van der Waals surface area contributed by atoms with Gasteiger partial charge in [0.2, 0.25) is 0 Å². The minimum atomic E-state index is -0.188. The van der Waals surface area contributed by atoms with E-state index < -0.39 is 0 Å². The fraction of sp³-hybridized carbons (Fsp3) is 0.889. The molecule has 1 unspecified atom stereocenters. The SMILES string of the molecule is [CH2]C(CCCCCCCCCCCC)C(=O)OC(C)C. The first-order chi connectivity index (χ1) is 9.57. The van der Waals surface area contributed by atoms with Gasteiger partial charge in [0.1, 0.15) is 0 Å². The van der Waals surface area contributed by atoms with Gasteiger partial charge in [0.25, 0.3) is 0 Å². The average molecular weight is 283 g/mol. The third kappa shape index (κ3) is 12.5. The minimum absolute atomic E-state index is 0.0283. The Hall–Kier alpha value is -0.530. The predicted octanol–water partition coefficient (Wildman–Crippen LogP) is 5.70. The lowest BCUT2D eigenvalue weighted by atomic mass is 10.0. The van der Waals surface area contributed by atoms with Crippen molar-refractivity contribution in [3.8, 4) is 0 Å². The van der Waals surface area contributed by atoms with Gasteiger partial charge in [-0.05, 0) is 27.2 Å². The molecule has 0 saturated carbocycles. The summed E-state index contributed by atoms with van der Waals surface area (Å²) < 4.78 is 5.15. The van der Waals surface area contributed by atoms with Gasteiger partial charge in [0.15, 0.2) is 0 Å². The van der Waals surface area contributed by atoms with Crippen molar-refractivity contribution < 1.29 is 9.53 Å². The van der Waals surface area contributed by atoms with E-state index in [0.717, 1.165) is 12.8 Å². The molecule has 0 amide bonds. The molecule has 0 rings (SSSR count). The van der Waals surface area contributed by atoms with Gasteiger partial charge < -0.3 is 4.74 Å². The van der Waals surface area contributed by atoms with Crippen molar-refractivity contribution in [3.63, 3.8) is 0 Å². The van der Waals surface area contributed by atoms with E-state index in [2.05, 4.69) is 13.8 Å². The summed E-state index contributed by atoms with van der Waals surface area (Å²) >= 11 is 0. The number of esters is 1. The van der Waals surface area contributed by atoms with Crippen molar-refractivity contribution in [3.05, 3.63) is 6.92 Å². The van der Waals surface area contributed by atoms with Gasteiger partial charge in [-0.2, -0.15) is 0 Å². The Morgan fingerprint density at radius 1 is 0.900 bits per heavy atom. The number of rotatable bonds is 13. The molecule has 0 aliphatic heterocycles. The second-order valence-electron chi connectivity index (χ2n) is 6.15. The molecule has 20 heavy (non-hydrogen) atoms. The fourth-order valence-corrected chi connectivity index (χ4v) is 2.32. The molecule has 1 radical (unpaired) electrons. The van der Waals surface area contributed by atoms with Crippen LogP contribution in [0.1, 0.15) is 91.4 Å². The molecule has 0 aliphatic rings. The summed E-state index contributed by atoms with van der Waals surface area (Å²) in [4.78, 5) is 11.6. The molecule has 119 valence electrons. The van der Waals surface area contributed by atoms with E-state index in [0.29, 0.717) is 0 Å². The Kier molecular flexibility index (Phi) is 13.1. The maximum absolute atomic E-state index is 11.6. The number of unbranched alkanes of at least 4 members (excludes halogenated alkanes) is 9. The lowest BCUT2D eigenvalue weighted by molar-refractivity contribution is -0.151. The van der Waals surface area contributed by atoms with Gasteiger partial charge in [-0.25, -0.2) is 0 Å². The van der Waals surface area contributed by atoms with Gasteiger partial charge in [0.05, 0.1) is 12.0 Å². The molecule has 0 spiro atoms. The van der Waals surface area contributed by atoms with Gasteiger partial charge >= 0.3 is 5.97 Å². The van der Waals surface area contributed by atoms with Crippen LogP contribution in [-0.4, -0.2) is 12.1 Å². The normalized spacial score (nSPS) is 12.7. The fourth-order valence-electron chi connectivity index (χ4n) is 2.32.